The van der Waals surface area contributed by atoms with Crippen molar-refractivity contribution < 1.29 is 4.74 Å². The van der Waals surface area contributed by atoms with Crippen molar-refractivity contribution in [2.24, 2.45) is 11.7 Å². The predicted octanol–water partition coefficient (Wildman–Crippen LogP) is 1.61. The zero-order valence-electron chi connectivity index (χ0n) is 11.1. The second-order valence-corrected chi connectivity index (χ2v) is 6.79. The van der Waals surface area contributed by atoms with Crippen LogP contribution in [0.25, 0.3) is 0 Å². The Kier molecular flexibility index (Phi) is 3.06. The molecule has 2 fully saturated rings. The Hall–Kier alpha value is -0.120. The Bertz CT molecular complexity index is 243. The Balaban J connectivity index is 1.93. The van der Waals surface area contributed by atoms with Crippen molar-refractivity contribution >= 4 is 0 Å². The SMILES string of the molecule is CC1(C)CN(CC(N)C2CC2)CC(C)(C)O1. The highest BCUT2D eigenvalue weighted by atomic mass is 16.5. The molecule has 1 aliphatic carbocycles. The van der Waals surface area contributed by atoms with Crippen LogP contribution in [0.4, 0.5) is 0 Å². The Morgan fingerprint density at radius 2 is 1.69 bits per heavy atom. The molecule has 1 atom stereocenters. The van der Waals surface area contributed by atoms with Gasteiger partial charge in [-0.25, -0.2) is 0 Å². The summed E-state index contributed by atoms with van der Waals surface area (Å²) in [6, 6.07) is 0.365. The first-order valence-electron chi connectivity index (χ1n) is 6.46. The molecule has 0 aromatic carbocycles. The van der Waals surface area contributed by atoms with Crippen molar-refractivity contribution in [1.29, 1.82) is 0 Å². The number of nitrogens with two attached hydrogens (primary N) is 1. The number of hydrogen-bond donors (Lipinski definition) is 1. The molecule has 1 aliphatic heterocycles. The van der Waals surface area contributed by atoms with Crippen LogP contribution >= 0.6 is 0 Å². The minimum atomic E-state index is -0.0506. The standard InChI is InChI=1S/C13H26N2O/c1-12(2)8-15(9-13(3,4)16-12)7-11(14)10-5-6-10/h10-11H,5-9,14H2,1-4H3. The third kappa shape index (κ3) is 3.19. The van der Waals surface area contributed by atoms with E-state index in [2.05, 4.69) is 32.6 Å². The van der Waals surface area contributed by atoms with Gasteiger partial charge < -0.3 is 10.5 Å². The van der Waals surface area contributed by atoms with Crippen LogP contribution in [0.15, 0.2) is 0 Å². The third-order valence-corrected chi connectivity index (χ3v) is 3.46. The molecule has 0 radical (unpaired) electrons. The smallest absolute Gasteiger partial charge is 0.0760 e. The Morgan fingerprint density at radius 1 is 1.19 bits per heavy atom. The van der Waals surface area contributed by atoms with Crippen LogP contribution in [-0.4, -0.2) is 41.8 Å². The highest BCUT2D eigenvalue weighted by molar-refractivity contribution is 4.93. The molecule has 3 heteroatoms. The summed E-state index contributed by atoms with van der Waals surface area (Å²) in [5.41, 5.74) is 6.10. The number of nitrogens with zero attached hydrogens (tertiary/aromatic N) is 1. The molecular weight excluding hydrogens is 200 g/mol. The van der Waals surface area contributed by atoms with E-state index in [1.807, 2.05) is 0 Å². The second kappa shape index (κ2) is 3.97. The van der Waals surface area contributed by atoms with Crippen molar-refractivity contribution in [3.8, 4) is 0 Å². The lowest BCUT2D eigenvalue weighted by molar-refractivity contribution is -0.181. The van der Waals surface area contributed by atoms with Crippen molar-refractivity contribution in [2.75, 3.05) is 19.6 Å². The number of rotatable bonds is 3. The van der Waals surface area contributed by atoms with Gasteiger partial charge in [-0.15, -0.1) is 0 Å². The van der Waals surface area contributed by atoms with Crippen molar-refractivity contribution in [1.82, 2.24) is 4.90 Å². The molecule has 16 heavy (non-hydrogen) atoms. The molecule has 1 saturated heterocycles. The van der Waals surface area contributed by atoms with Crippen molar-refractivity contribution in [2.45, 2.75) is 57.8 Å². The molecule has 0 amide bonds. The molecule has 3 nitrogen and oxygen atoms in total. The summed E-state index contributed by atoms with van der Waals surface area (Å²) in [7, 11) is 0. The van der Waals surface area contributed by atoms with E-state index in [-0.39, 0.29) is 11.2 Å². The monoisotopic (exact) mass is 226 g/mol. The van der Waals surface area contributed by atoms with Gasteiger partial charge in [0, 0.05) is 25.7 Å². The Morgan fingerprint density at radius 3 is 2.12 bits per heavy atom. The van der Waals surface area contributed by atoms with Gasteiger partial charge in [-0.05, 0) is 46.5 Å². The highest BCUT2D eigenvalue weighted by Crippen LogP contribution is 2.33. The van der Waals surface area contributed by atoms with Gasteiger partial charge in [-0.3, -0.25) is 4.90 Å². The van der Waals surface area contributed by atoms with Crippen LogP contribution in [0.1, 0.15) is 40.5 Å². The maximum absolute atomic E-state index is 6.20. The molecule has 2 N–H and O–H groups in total. The zero-order chi connectivity index (χ0) is 12.0. The van der Waals surface area contributed by atoms with Crippen LogP contribution in [0.3, 0.4) is 0 Å². The lowest BCUT2D eigenvalue weighted by Crippen LogP contribution is -2.59. The maximum atomic E-state index is 6.20. The molecule has 0 bridgehead atoms. The van der Waals surface area contributed by atoms with Crippen LogP contribution in [-0.2, 0) is 4.74 Å². The van der Waals surface area contributed by atoms with E-state index >= 15 is 0 Å². The summed E-state index contributed by atoms with van der Waals surface area (Å²) in [5.74, 6) is 0.786. The first-order chi connectivity index (χ1) is 7.27. The van der Waals surface area contributed by atoms with Gasteiger partial charge in [0.2, 0.25) is 0 Å². The fraction of sp³-hybridized carbons (Fsp3) is 1.00. The third-order valence-electron chi connectivity index (χ3n) is 3.46. The van der Waals surface area contributed by atoms with Crippen molar-refractivity contribution in [3.05, 3.63) is 0 Å². The first-order valence-corrected chi connectivity index (χ1v) is 6.46. The molecule has 94 valence electrons. The molecule has 2 aliphatic rings. The summed E-state index contributed by atoms with van der Waals surface area (Å²) in [6.45, 7) is 11.7. The minimum absolute atomic E-state index is 0.0506. The summed E-state index contributed by atoms with van der Waals surface area (Å²) >= 11 is 0. The van der Waals surface area contributed by atoms with Gasteiger partial charge in [-0.1, -0.05) is 0 Å². The molecule has 1 unspecified atom stereocenters. The second-order valence-electron chi connectivity index (χ2n) is 6.79. The van der Waals surface area contributed by atoms with Gasteiger partial charge >= 0.3 is 0 Å². The number of ether oxygens (including phenoxy) is 1. The highest BCUT2D eigenvalue weighted by Gasteiger charge is 2.39. The van der Waals surface area contributed by atoms with Gasteiger partial charge in [0.15, 0.2) is 0 Å². The zero-order valence-corrected chi connectivity index (χ0v) is 11.1. The molecule has 1 saturated carbocycles. The van der Waals surface area contributed by atoms with Gasteiger partial charge in [0.25, 0.3) is 0 Å². The quantitative estimate of drug-likeness (QED) is 0.794. The van der Waals surface area contributed by atoms with E-state index in [0.717, 1.165) is 25.6 Å². The molecule has 2 rings (SSSR count). The van der Waals surface area contributed by atoms with Crippen molar-refractivity contribution in [3.63, 3.8) is 0 Å². The van der Waals surface area contributed by atoms with E-state index in [1.54, 1.807) is 0 Å². The summed E-state index contributed by atoms with van der Waals surface area (Å²) in [6.07, 6.45) is 2.66. The largest absolute Gasteiger partial charge is 0.367 e. The van der Waals surface area contributed by atoms with E-state index < -0.39 is 0 Å². The molecule has 1 heterocycles. The van der Waals surface area contributed by atoms with Crippen LogP contribution in [0.5, 0.6) is 0 Å². The number of hydrogen-bond acceptors (Lipinski definition) is 3. The van der Waals surface area contributed by atoms with E-state index in [0.29, 0.717) is 6.04 Å². The van der Waals surface area contributed by atoms with Gasteiger partial charge in [0.05, 0.1) is 11.2 Å². The summed E-state index contributed by atoms with van der Waals surface area (Å²) in [5, 5.41) is 0. The summed E-state index contributed by atoms with van der Waals surface area (Å²) < 4.78 is 6.07. The van der Waals surface area contributed by atoms with Gasteiger partial charge in [0.1, 0.15) is 0 Å². The number of morpholine rings is 1. The topological polar surface area (TPSA) is 38.5 Å². The first kappa shape index (κ1) is 12.3. The van der Waals surface area contributed by atoms with E-state index in [1.165, 1.54) is 12.8 Å². The van der Waals surface area contributed by atoms with E-state index in [9.17, 15) is 0 Å². The Labute approximate surface area is 99.3 Å². The summed E-state index contributed by atoms with van der Waals surface area (Å²) in [4.78, 5) is 2.48. The lowest BCUT2D eigenvalue weighted by Gasteiger charge is -2.47. The fourth-order valence-electron chi connectivity index (χ4n) is 3.05. The predicted molar refractivity (Wildman–Crippen MR) is 66.4 cm³/mol. The molecule has 0 spiro atoms. The normalized spacial score (nSPS) is 31.3. The minimum Gasteiger partial charge on any atom is -0.367 e. The lowest BCUT2D eigenvalue weighted by atomic mass is 9.98. The molecule has 0 aromatic heterocycles. The van der Waals surface area contributed by atoms with Crippen LogP contribution < -0.4 is 5.73 Å². The van der Waals surface area contributed by atoms with Crippen LogP contribution in [0, 0.1) is 5.92 Å². The van der Waals surface area contributed by atoms with E-state index in [4.69, 9.17) is 10.5 Å². The molecular formula is C13H26N2O. The van der Waals surface area contributed by atoms with Gasteiger partial charge in [-0.2, -0.15) is 0 Å². The maximum Gasteiger partial charge on any atom is 0.0760 e. The fourth-order valence-corrected chi connectivity index (χ4v) is 3.05. The average Bonchev–Trinajstić information content (AvgIpc) is 2.77. The average molecular weight is 226 g/mol. The van der Waals surface area contributed by atoms with Crippen LogP contribution in [0.2, 0.25) is 0 Å². The molecule has 0 aromatic rings.